The Morgan fingerprint density at radius 1 is 1.21 bits per heavy atom. The summed E-state index contributed by atoms with van der Waals surface area (Å²) < 4.78 is 55.1. The molecule has 0 radical (unpaired) electrons. The monoisotopic (exact) mass is 495 g/mol. The third kappa shape index (κ3) is 7.24. The van der Waals surface area contributed by atoms with Crippen LogP contribution >= 0.6 is 11.6 Å². The normalized spacial score (nSPS) is 15.6. The van der Waals surface area contributed by atoms with Crippen LogP contribution in [-0.4, -0.2) is 42.7 Å². The van der Waals surface area contributed by atoms with Gasteiger partial charge in [-0.05, 0) is 35.6 Å². The molecular formula is C20H21ClF3NO8. The molecule has 0 saturated heterocycles. The number of rotatable bonds is 8. The van der Waals surface area contributed by atoms with E-state index in [0.717, 1.165) is 6.08 Å². The van der Waals surface area contributed by atoms with E-state index in [1.54, 1.807) is 0 Å². The van der Waals surface area contributed by atoms with Gasteiger partial charge in [0.25, 0.3) is 5.09 Å². The second kappa shape index (κ2) is 10.3. The van der Waals surface area contributed by atoms with Gasteiger partial charge in [-0.2, -0.15) is 13.2 Å². The summed E-state index contributed by atoms with van der Waals surface area (Å²) in [4.78, 5) is 37.8. The van der Waals surface area contributed by atoms with E-state index in [9.17, 15) is 32.9 Å². The van der Waals surface area contributed by atoms with Gasteiger partial charge in [-0.15, -0.1) is 10.1 Å². The minimum Gasteiger partial charge on any atom is -0.475 e. The van der Waals surface area contributed by atoms with Gasteiger partial charge in [0.1, 0.15) is 5.75 Å². The Labute approximate surface area is 191 Å². The Bertz CT molecular complexity index is 956. The predicted octanol–water partition coefficient (Wildman–Crippen LogP) is 4.38. The van der Waals surface area contributed by atoms with Crippen LogP contribution in [0.15, 0.2) is 17.7 Å². The van der Waals surface area contributed by atoms with Crippen molar-refractivity contribution >= 4 is 29.6 Å². The SMILES string of the molecule is CC(C)(C)c1cc2c(cc1Cl)C=C(C(=O)OCOC(=O)CCCO[N+](=O)[O-])[C@@H](C(F)(F)F)O2. The molecule has 1 aromatic carbocycles. The molecular weight excluding hydrogens is 475 g/mol. The maximum Gasteiger partial charge on any atom is 0.430 e. The van der Waals surface area contributed by atoms with Crippen LogP contribution in [0.4, 0.5) is 13.2 Å². The third-order valence-electron chi connectivity index (χ3n) is 4.41. The summed E-state index contributed by atoms with van der Waals surface area (Å²) in [6.07, 6.45) is -6.89. The molecule has 0 aliphatic carbocycles. The Morgan fingerprint density at radius 2 is 1.88 bits per heavy atom. The first-order valence-corrected chi connectivity index (χ1v) is 9.97. The van der Waals surface area contributed by atoms with Gasteiger partial charge >= 0.3 is 18.1 Å². The first-order valence-electron chi connectivity index (χ1n) is 9.59. The zero-order chi connectivity index (χ0) is 25.0. The third-order valence-corrected chi connectivity index (χ3v) is 4.72. The summed E-state index contributed by atoms with van der Waals surface area (Å²) in [5.74, 6) is -2.38. The summed E-state index contributed by atoms with van der Waals surface area (Å²) in [6, 6.07) is 2.80. The fourth-order valence-electron chi connectivity index (χ4n) is 2.86. The van der Waals surface area contributed by atoms with Crippen LogP contribution in [0, 0.1) is 10.1 Å². The van der Waals surface area contributed by atoms with Crippen LogP contribution in [0.5, 0.6) is 5.75 Å². The Hall–Kier alpha value is -3.02. The number of carbonyl (C=O) groups excluding carboxylic acids is 2. The van der Waals surface area contributed by atoms with E-state index in [0.29, 0.717) is 5.56 Å². The lowest BCUT2D eigenvalue weighted by atomic mass is 9.85. The second-order valence-electron chi connectivity index (χ2n) is 7.99. The van der Waals surface area contributed by atoms with E-state index in [4.69, 9.17) is 16.3 Å². The molecule has 0 unspecified atom stereocenters. The molecule has 0 bridgehead atoms. The maximum atomic E-state index is 13.6. The lowest BCUT2D eigenvalue weighted by Crippen LogP contribution is -2.41. The molecule has 0 fully saturated rings. The predicted molar refractivity (Wildman–Crippen MR) is 108 cm³/mol. The summed E-state index contributed by atoms with van der Waals surface area (Å²) in [7, 11) is 0. The molecule has 1 heterocycles. The van der Waals surface area contributed by atoms with Gasteiger partial charge in [0.15, 0.2) is 0 Å². The highest BCUT2D eigenvalue weighted by atomic mass is 35.5. The van der Waals surface area contributed by atoms with E-state index in [2.05, 4.69) is 14.3 Å². The number of carbonyl (C=O) groups is 2. The van der Waals surface area contributed by atoms with Crippen molar-refractivity contribution < 1.29 is 46.9 Å². The number of benzene rings is 1. The zero-order valence-corrected chi connectivity index (χ0v) is 18.6. The average molecular weight is 496 g/mol. The van der Waals surface area contributed by atoms with E-state index >= 15 is 0 Å². The Balaban J connectivity index is 2.11. The number of hydrogen-bond donors (Lipinski definition) is 0. The molecule has 2 rings (SSSR count). The van der Waals surface area contributed by atoms with Gasteiger partial charge < -0.3 is 19.0 Å². The topological polar surface area (TPSA) is 114 Å². The highest BCUT2D eigenvalue weighted by molar-refractivity contribution is 6.31. The Kier molecular flexibility index (Phi) is 8.17. The van der Waals surface area contributed by atoms with E-state index < -0.39 is 47.1 Å². The van der Waals surface area contributed by atoms with E-state index in [1.165, 1.54) is 12.1 Å². The minimum absolute atomic E-state index is 0.0446. The van der Waals surface area contributed by atoms with Crippen LogP contribution in [0.2, 0.25) is 5.02 Å². The zero-order valence-electron chi connectivity index (χ0n) is 17.9. The molecule has 1 aliphatic rings. The van der Waals surface area contributed by atoms with Gasteiger partial charge in [-0.1, -0.05) is 32.4 Å². The first kappa shape index (κ1) is 26.2. The van der Waals surface area contributed by atoms with Gasteiger partial charge in [-0.3, -0.25) is 4.79 Å². The number of fused-ring (bicyclic) bond motifs is 1. The van der Waals surface area contributed by atoms with Crippen molar-refractivity contribution in [3.63, 3.8) is 0 Å². The van der Waals surface area contributed by atoms with Crippen LogP contribution < -0.4 is 4.74 Å². The number of alkyl halides is 3. The van der Waals surface area contributed by atoms with Crippen molar-refractivity contribution in [1.29, 1.82) is 0 Å². The molecule has 0 N–H and O–H groups in total. The average Bonchev–Trinajstić information content (AvgIpc) is 2.68. The molecule has 33 heavy (non-hydrogen) atoms. The number of esters is 2. The Morgan fingerprint density at radius 3 is 2.45 bits per heavy atom. The molecule has 1 aromatic rings. The quantitative estimate of drug-likeness (QED) is 0.172. The molecule has 0 saturated carbocycles. The van der Waals surface area contributed by atoms with Crippen LogP contribution in [0.1, 0.15) is 44.7 Å². The van der Waals surface area contributed by atoms with Crippen LogP contribution in [0.25, 0.3) is 6.08 Å². The largest absolute Gasteiger partial charge is 0.475 e. The fourth-order valence-corrected chi connectivity index (χ4v) is 3.32. The van der Waals surface area contributed by atoms with Gasteiger partial charge in [0.2, 0.25) is 12.9 Å². The lowest BCUT2D eigenvalue weighted by molar-refractivity contribution is -0.757. The van der Waals surface area contributed by atoms with Crippen molar-refractivity contribution in [2.24, 2.45) is 0 Å². The molecule has 13 heteroatoms. The van der Waals surface area contributed by atoms with Crippen molar-refractivity contribution in [2.45, 2.75) is 51.3 Å². The summed E-state index contributed by atoms with van der Waals surface area (Å²) in [6.45, 7) is 4.20. The van der Waals surface area contributed by atoms with Crippen molar-refractivity contribution in [1.82, 2.24) is 0 Å². The fraction of sp³-hybridized carbons (Fsp3) is 0.500. The smallest absolute Gasteiger partial charge is 0.430 e. The summed E-state index contributed by atoms with van der Waals surface area (Å²) in [5.41, 5.74) is -0.585. The van der Waals surface area contributed by atoms with Crippen molar-refractivity contribution in [3.05, 3.63) is 44.0 Å². The maximum absolute atomic E-state index is 13.6. The number of nitrogens with zero attached hydrogens (tertiary/aromatic N) is 1. The molecule has 182 valence electrons. The molecule has 1 aliphatic heterocycles. The molecule has 0 aromatic heterocycles. The van der Waals surface area contributed by atoms with Crippen LogP contribution in [-0.2, 0) is 29.3 Å². The molecule has 0 amide bonds. The summed E-state index contributed by atoms with van der Waals surface area (Å²) in [5, 5.41) is 9.26. The number of hydrogen-bond acceptors (Lipinski definition) is 8. The van der Waals surface area contributed by atoms with Gasteiger partial charge in [0.05, 0.1) is 12.2 Å². The van der Waals surface area contributed by atoms with Crippen molar-refractivity contribution in [3.8, 4) is 5.75 Å². The second-order valence-corrected chi connectivity index (χ2v) is 8.39. The molecule has 0 spiro atoms. The molecule has 1 atom stereocenters. The molecule has 9 nitrogen and oxygen atoms in total. The highest BCUT2D eigenvalue weighted by Crippen LogP contribution is 2.42. The van der Waals surface area contributed by atoms with Crippen LogP contribution in [0.3, 0.4) is 0 Å². The van der Waals surface area contributed by atoms with Crippen molar-refractivity contribution in [2.75, 3.05) is 13.4 Å². The van der Waals surface area contributed by atoms with E-state index in [1.807, 2.05) is 20.8 Å². The minimum atomic E-state index is -4.93. The summed E-state index contributed by atoms with van der Waals surface area (Å²) >= 11 is 6.26. The highest BCUT2D eigenvalue weighted by Gasteiger charge is 2.49. The van der Waals surface area contributed by atoms with Gasteiger partial charge in [0, 0.05) is 17.0 Å². The van der Waals surface area contributed by atoms with Gasteiger partial charge in [-0.25, -0.2) is 4.79 Å². The standard InChI is InChI=1S/C20H21ClF3NO8/c1-19(2,3)13-9-15-11(8-14(13)21)7-12(17(33-15)20(22,23)24)18(27)31-10-30-16(26)5-4-6-32-25(28)29/h7-9,17H,4-6,10H2,1-3H3/t17-/m0/s1. The number of ether oxygens (including phenoxy) is 3. The first-order chi connectivity index (χ1) is 15.2. The number of halogens is 4. The van der Waals surface area contributed by atoms with E-state index in [-0.39, 0.29) is 35.8 Å². The lowest BCUT2D eigenvalue weighted by Gasteiger charge is -2.30.